The van der Waals surface area contributed by atoms with Crippen molar-refractivity contribution in [3.8, 4) is 5.75 Å². The largest absolute Gasteiger partial charge is 0.493 e. The summed E-state index contributed by atoms with van der Waals surface area (Å²) in [7, 11) is 0. The minimum absolute atomic E-state index is 0.302. The van der Waals surface area contributed by atoms with E-state index >= 15 is 0 Å². The zero-order valence-electron chi connectivity index (χ0n) is 10.7. The van der Waals surface area contributed by atoms with Gasteiger partial charge in [0.25, 0.3) is 5.91 Å². The van der Waals surface area contributed by atoms with Crippen molar-refractivity contribution in [2.75, 3.05) is 6.61 Å². The molecule has 1 rings (SSSR count). The molecule has 4 nitrogen and oxygen atoms in total. The monoisotopic (exact) mass is 237 g/mol. The molecule has 0 aliphatic heterocycles. The molecule has 0 unspecified atom stereocenters. The lowest BCUT2D eigenvalue weighted by molar-refractivity contribution is -0.0590. The minimum Gasteiger partial charge on any atom is -0.493 e. The van der Waals surface area contributed by atoms with E-state index in [1.54, 1.807) is 18.2 Å². The minimum atomic E-state index is -0.420. The molecule has 1 N–H and O–H groups in total. The van der Waals surface area contributed by atoms with Crippen LogP contribution in [0.3, 0.4) is 0 Å². The van der Waals surface area contributed by atoms with Crippen LogP contribution in [-0.4, -0.2) is 18.1 Å². The van der Waals surface area contributed by atoms with Gasteiger partial charge in [0.1, 0.15) is 5.75 Å². The molecular formula is C13H19NO3. The molecule has 0 radical (unpaired) electrons. The van der Waals surface area contributed by atoms with Crippen LogP contribution in [0.25, 0.3) is 0 Å². The fourth-order valence-corrected chi connectivity index (χ4v) is 1.19. The average molecular weight is 237 g/mol. The number of para-hydroxylation sites is 1. The van der Waals surface area contributed by atoms with Crippen LogP contribution >= 0.6 is 0 Å². The first-order valence-corrected chi connectivity index (χ1v) is 5.64. The summed E-state index contributed by atoms with van der Waals surface area (Å²) >= 11 is 0. The quantitative estimate of drug-likeness (QED) is 0.819. The number of carbonyl (C=O) groups is 1. The Bertz CT molecular complexity index is 382. The molecule has 1 aromatic carbocycles. The van der Waals surface area contributed by atoms with Gasteiger partial charge in [-0.05, 0) is 39.8 Å². The molecule has 0 heterocycles. The molecule has 0 atom stereocenters. The standard InChI is InChI=1S/C13H19NO3/c1-5-16-11-9-7-6-8-10(11)12(15)14-17-13(2,3)4/h6-9H,5H2,1-4H3,(H,14,15). The Kier molecular flexibility index (Phi) is 4.52. The molecule has 0 fully saturated rings. The Morgan fingerprint density at radius 2 is 1.94 bits per heavy atom. The van der Waals surface area contributed by atoms with Crippen LogP contribution in [0.15, 0.2) is 24.3 Å². The van der Waals surface area contributed by atoms with E-state index in [1.807, 2.05) is 33.8 Å². The van der Waals surface area contributed by atoms with Gasteiger partial charge in [0, 0.05) is 0 Å². The highest BCUT2D eigenvalue weighted by atomic mass is 16.7. The molecule has 0 saturated carbocycles. The van der Waals surface area contributed by atoms with Gasteiger partial charge >= 0.3 is 0 Å². The summed E-state index contributed by atoms with van der Waals surface area (Å²) in [5.41, 5.74) is 2.47. The van der Waals surface area contributed by atoms with E-state index in [2.05, 4.69) is 5.48 Å². The van der Waals surface area contributed by atoms with Crippen molar-refractivity contribution in [2.24, 2.45) is 0 Å². The fourth-order valence-electron chi connectivity index (χ4n) is 1.19. The number of amides is 1. The van der Waals surface area contributed by atoms with Crippen LogP contribution in [0, 0.1) is 0 Å². The number of hydrogen-bond donors (Lipinski definition) is 1. The number of hydrogen-bond acceptors (Lipinski definition) is 3. The molecule has 0 spiro atoms. The average Bonchev–Trinajstić information content (AvgIpc) is 2.26. The van der Waals surface area contributed by atoms with Gasteiger partial charge in [-0.25, -0.2) is 5.48 Å². The van der Waals surface area contributed by atoms with Crippen molar-refractivity contribution in [2.45, 2.75) is 33.3 Å². The van der Waals surface area contributed by atoms with Crippen molar-refractivity contribution < 1.29 is 14.4 Å². The number of carbonyl (C=O) groups excluding carboxylic acids is 1. The topological polar surface area (TPSA) is 47.6 Å². The maximum absolute atomic E-state index is 11.9. The Labute approximate surface area is 102 Å². The summed E-state index contributed by atoms with van der Waals surface area (Å²) in [5.74, 6) is 0.258. The predicted molar refractivity (Wildman–Crippen MR) is 65.9 cm³/mol. The van der Waals surface area contributed by atoms with Crippen LogP contribution < -0.4 is 10.2 Å². The Hall–Kier alpha value is -1.55. The van der Waals surface area contributed by atoms with Gasteiger partial charge in [0.05, 0.1) is 17.8 Å². The highest BCUT2D eigenvalue weighted by Gasteiger charge is 2.16. The smallest absolute Gasteiger partial charge is 0.278 e. The van der Waals surface area contributed by atoms with Gasteiger partial charge < -0.3 is 4.74 Å². The summed E-state index contributed by atoms with van der Waals surface area (Å²) in [6, 6.07) is 7.07. The lowest BCUT2D eigenvalue weighted by Crippen LogP contribution is -2.33. The number of ether oxygens (including phenoxy) is 1. The first kappa shape index (κ1) is 13.5. The third-order valence-corrected chi connectivity index (χ3v) is 1.88. The summed E-state index contributed by atoms with van der Waals surface area (Å²) in [6.45, 7) is 7.98. The maximum Gasteiger partial charge on any atom is 0.278 e. The van der Waals surface area contributed by atoms with E-state index in [4.69, 9.17) is 9.57 Å². The van der Waals surface area contributed by atoms with Crippen molar-refractivity contribution in [3.63, 3.8) is 0 Å². The molecule has 0 aliphatic carbocycles. The Balaban J connectivity index is 2.74. The van der Waals surface area contributed by atoms with Gasteiger partial charge in [-0.1, -0.05) is 12.1 Å². The van der Waals surface area contributed by atoms with E-state index in [-0.39, 0.29) is 5.91 Å². The van der Waals surface area contributed by atoms with Gasteiger partial charge in [0.2, 0.25) is 0 Å². The Morgan fingerprint density at radius 1 is 1.29 bits per heavy atom. The number of benzene rings is 1. The van der Waals surface area contributed by atoms with Crippen LogP contribution in [0.5, 0.6) is 5.75 Å². The molecule has 0 saturated heterocycles. The van der Waals surface area contributed by atoms with Gasteiger partial charge in [0.15, 0.2) is 0 Å². The zero-order valence-corrected chi connectivity index (χ0v) is 10.7. The van der Waals surface area contributed by atoms with Gasteiger partial charge in [-0.2, -0.15) is 0 Å². The van der Waals surface area contributed by atoms with Crippen LogP contribution in [-0.2, 0) is 4.84 Å². The molecule has 0 bridgehead atoms. The molecule has 4 heteroatoms. The molecule has 17 heavy (non-hydrogen) atoms. The second-order valence-corrected chi connectivity index (χ2v) is 4.57. The molecular weight excluding hydrogens is 218 g/mol. The first-order valence-electron chi connectivity index (χ1n) is 5.64. The van der Waals surface area contributed by atoms with E-state index in [0.29, 0.717) is 17.9 Å². The second-order valence-electron chi connectivity index (χ2n) is 4.57. The summed E-state index contributed by atoms with van der Waals surface area (Å²) < 4.78 is 5.37. The number of nitrogens with one attached hydrogen (secondary N) is 1. The molecule has 94 valence electrons. The third kappa shape index (κ3) is 4.44. The van der Waals surface area contributed by atoms with Gasteiger partial charge in [-0.15, -0.1) is 0 Å². The zero-order chi connectivity index (χ0) is 12.9. The van der Waals surface area contributed by atoms with Crippen LogP contribution in [0.1, 0.15) is 38.1 Å². The van der Waals surface area contributed by atoms with Crippen molar-refractivity contribution in [1.29, 1.82) is 0 Å². The Morgan fingerprint density at radius 3 is 2.53 bits per heavy atom. The summed E-state index contributed by atoms with van der Waals surface area (Å²) in [5, 5.41) is 0. The summed E-state index contributed by atoms with van der Waals surface area (Å²) in [4.78, 5) is 17.1. The molecule has 1 aromatic rings. The van der Waals surface area contributed by atoms with E-state index in [9.17, 15) is 4.79 Å². The second kappa shape index (κ2) is 5.68. The lowest BCUT2D eigenvalue weighted by atomic mass is 10.2. The van der Waals surface area contributed by atoms with Crippen LogP contribution in [0.4, 0.5) is 0 Å². The number of hydroxylamine groups is 1. The van der Waals surface area contributed by atoms with E-state index in [1.165, 1.54) is 0 Å². The SMILES string of the molecule is CCOc1ccccc1C(=O)NOC(C)(C)C. The van der Waals surface area contributed by atoms with Crippen molar-refractivity contribution >= 4 is 5.91 Å². The van der Waals surface area contributed by atoms with Crippen LogP contribution in [0.2, 0.25) is 0 Å². The molecule has 0 aromatic heterocycles. The molecule has 0 aliphatic rings. The van der Waals surface area contributed by atoms with E-state index in [0.717, 1.165) is 0 Å². The van der Waals surface area contributed by atoms with E-state index < -0.39 is 5.60 Å². The van der Waals surface area contributed by atoms with Gasteiger partial charge in [-0.3, -0.25) is 9.63 Å². The van der Waals surface area contributed by atoms with Crippen molar-refractivity contribution in [1.82, 2.24) is 5.48 Å². The highest BCUT2D eigenvalue weighted by Crippen LogP contribution is 2.18. The normalized spacial score (nSPS) is 11.1. The number of rotatable bonds is 4. The molecule has 1 amide bonds. The highest BCUT2D eigenvalue weighted by molar-refractivity contribution is 5.96. The predicted octanol–water partition coefficient (Wildman–Crippen LogP) is 2.55. The van der Waals surface area contributed by atoms with Crippen molar-refractivity contribution in [3.05, 3.63) is 29.8 Å². The fraction of sp³-hybridized carbons (Fsp3) is 0.462. The maximum atomic E-state index is 11.9. The summed E-state index contributed by atoms with van der Waals surface area (Å²) in [6.07, 6.45) is 0. The first-order chi connectivity index (χ1) is 7.94. The third-order valence-electron chi connectivity index (χ3n) is 1.88. The lowest BCUT2D eigenvalue weighted by Gasteiger charge is -2.19.